The van der Waals surface area contributed by atoms with Crippen LogP contribution < -0.4 is 4.90 Å². The number of piperidine rings is 1. The summed E-state index contributed by atoms with van der Waals surface area (Å²) in [6.45, 7) is 3.93. The monoisotopic (exact) mass is 204 g/mol. The number of nitrogens with zero attached hydrogens (tertiary/aromatic N) is 3. The molecule has 4 heteroatoms. The zero-order valence-electron chi connectivity index (χ0n) is 8.86. The minimum atomic E-state index is 0.450. The van der Waals surface area contributed by atoms with Crippen molar-refractivity contribution in [3.05, 3.63) is 17.6 Å². The van der Waals surface area contributed by atoms with Gasteiger partial charge in [-0.1, -0.05) is 0 Å². The summed E-state index contributed by atoms with van der Waals surface area (Å²) < 4.78 is 0. The molecule has 79 valence electrons. The van der Waals surface area contributed by atoms with Gasteiger partial charge >= 0.3 is 0 Å². The molecule has 1 saturated heterocycles. The Kier molecular flexibility index (Phi) is 2.94. The van der Waals surface area contributed by atoms with Crippen LogP contribution in [-0.4, -0.2) is 29.3 Å². The highest BCUT2D eigenvalue weighted by molar-refractivity contribution is 5.76. The Hall–Kier alpha value is -1.45. The van der Waals surface area contributed by atoms with Crippen molar-refractivity contribution in [2.24, 2.45) is 0 Å². The first kappa shape index (κ1) is 10.1. The third-order valence-electron chi connectivity index (χ3n) is 2.81. The van der Waals surface area contributed by atoms with E-state index in [-0.39, 0.29) is 0 Å². The summed E-state index contributed by atoms with van der Waals surface area (Å²) in [5.74, 6) is 0.867. The molecule has 1 fully saturated rings. The van der Waals surface area contributed by atoms with E-state index in [2.05, 4.69) is 21.2 Å². The molecular weight excluding hydrogens is 190 g/mol. The van der Waals surface area contributed by atoms with Crippen LogP contribution >= 0.6 is 0 Å². The van der Waals surface area contributed by atoms with E-state index in [1.807, 2.05) is 6.92 Å². The number of carbonyl (C=O) groups is 1. The normalized spacial score (nSPS) is 16.5. The van der Waals surface area contributed by atoms with Crippen molar-refractivity contribution in [1.29, 1.82) is 0 Å². The molecule has 0 atom stereocenters. The van der Waals surface area contributed by atoms with E-state index in [1.54, 1.807) is 0 Å². The van der Waals surface area contributed by atoms with Gasteiger partial charge in [-0.05, 0) is 26.2 Å². The predicted octanol–water partition coefficient (Wildman–Crippen LogP) is 1.39. The second-order valence-electron chi connectivity index (χ2n) is 3.82. The van der Waals surface area contributed by atoms with Gasteiger partial charge in [0.25, 0.3) is 0 Å². The molecule has 0 spiro atoms. The fourth-order valence-corrected chi connectivity index (χ4v) is 1.94. The number of aromatic nitrogens is 2. The summed E-state index contributed by atoms with van der Waals surface area (Å²) in [6, 6.07) is 0. The smallest absolute Gasteiger partial charge is 0.200 e. The van der Waals surface area contributed by atoms with Crippen LogP contribution in [-0.2, 0) is 0 Å². The third kappa shape index (κ3) is 1.98. The van der Waals surface area contributed by atoms with E-state index in [4.69, 9.17) is 0 Å². The maximum absolute atomic E-state index is 10.7. The Morgan fingerprint density at radius 2 is 2.00 bits per heavy atom. The first-order valence-corrected chi connectivity index (χ1v) is 5.27. The molecule has 1 radical (unpaired) electrons. The molecule has 0 aliphatic carbocycles. The van der Waals surface area contributed by atoms with Crippen LogP contribution in [0.15, 0.2) is 0 Å². The quantitative estimate of drug-likeness (QED) is 0.683. The maximum atomic E-state index is 10.7. The van der Waals surface area contributed by atoms with Crippen molar-refractivity contribution in [2.75, 3.05) is 18.0 Å². The van der Waals surface area contributed by atoms with Crippen LogP contribution in [0.1, 0.15) is 35.3 Å². The molecule has 4 nitrogen and oxygen atoms in total. The molecule has 2 heterocycles. The molecule has 0 amide bonds. The number of rotatable bonds is 2. The Morgan fingerprint density at radius 3 is 2.67 bits per heavy atom. The maximum Gasteiger partial charge on any atom is 0.200 e. The SMILES string of the molecule is Cc1c(C=O)n[c]nc1N1CCCCC1. The van der Waals surface area contributed by atoms with Crippen LogP contribution in [0.3, 0.4) is 0 Å². The van der Waals surface area contributed by atoms with Crippen molar-refractivity contribution >= 4 is 12.1 Å². The topological polar surface area (TPSA) is 46.1 Å². The standard InChI is InChI=1S/C11H14N3O/c1-9-10(7-15)12-8-13-11(9)14-5-3-2-4-6-14/h7H,2-6H2,1H3. The molecule has 1 aliphatic heterocycles. The predicted molar refractivity (Wildman–Crippen MR) is 57.1 cm³/mol. The fourth-order valence-electron chi connectivity index (χ4n) is 1.94. The highest BCUT2D eigenvalue weighted by atomic mass is 16.1. The van der Waals surface area contributed by atoms with Crippen molar-refractivity contribution < 1.29 is 4.79 Å². The van der Waals surface area contributed by atoms with Gasteiger partial charge in [0.2, 0.25) is 0 Å². The molecule has 0 saturated carbocycles. The van der Waals surface area contributed by atoms with Gasteiger partial charge in [-0.25, -0.2) is 9.97 Å². The third-order valence-corrected chi connectivity index (χ3v) is 2.81. The average molecular weight is 204 g/mol. The van der Waals surface area contributed by atoms with Crippen molar-refractivity contribution in [3.63, 3.8) is 0 Å². The second-order valence-corrected chi connectivity index (χ2v) is 3.82. The van der Waals surface area contributed by atoms with E-state index in [9.17, 15) is 4.79 Å². The van der Waals surface area contributed by atoms with Gasteiger partial charge in [-0.2, -0.15) is 0 Å². The first-order chi connectivity index (χ1) is 7.33. The van der Waals surface area contributed by atoms with E-state index < -0.39 is 0 Å². The number of aldehydes is 1. The summed E-state index contributed by atoms with van der Waals surface area (Å²) in [6.07, 6.45) is 6.98. The zero-order valence-corrected chi connectivity index (χ0v) is 8.86. The zero-order chi connectivity index (χ0) is 10.7. The molecule has 15 heavy (non-hydrogen) atoms. The summed E-state index contributed by atoms with van der Waals surface area (Å²) in [5, 5.41) is 0. The number of carbonyl (C=O) groups excluding carboxylic acids is 1. The number of anilines is 1. The van der Waals surface area contributed by atoms with Crippen LogP contribution in [0.4, 0.5) is 5.82 Å². The lowest BCUT2D eigenvalue weighted by Gasteiger charge is -2.28. The van der Waals surface area contributed by atoms with Gasteiger partial charge in [0.15, 0.2) is 12.6 Å². The fraction of sp³-hybridized carbons (Fsp3) is 0.545. The van der Waals surface area contributed by atoms with Crippen LogP contribution in [0.5, 0.6) is 0 Å². The minimum Gasteiger partial charge on any atom is -0.356 e. The minimum absolute atomic E-state index is 0.450. The summed E-state index contributed by atoms with van der Waals surface area (Å²) >= 11 is 0. The van der Waals surface area contributed by atoms with Gasteiger partial charge in [0.05, 0.1) is 0 Å². The summed E-state index contributed by atoms with van der Waals surface area (Å²) in [7, 11) is 0. The molecule has 2 rings (SSSR count). The molecular formula is C11H14N3O. The Morgan fingerprint density at radius 1 is 1.27 bits per heavy atom. The highest BCUT2D eigenvalue weighted by Crippen LogP contribution is 2.21. The average Bonchev–Trinajstić information content (AvgIpc) is 2.30. The van der Waals surface area contributed by atoms with Gasteiger partial charge in [0.1, 0.15) is 11.5 Å². The van der Waals surface area contributed by atoms with E-state index in [0.29, 0.717) is 5.69 Å². The lowest BCUT2D eigenvalue weighted by Crippen LogP contribution is -2.31. The van der Waals surface area contributed by atoms with Gasteiger partial charge in [-0.15, -0.1) is 0 Å². The summed E-state index contributed by atoms with van der Waals surface area (Å²) in [4.78, 5) is 20.9. The van der Waals surface area contributed by atoms with E-state index in [0.717, 1.165) is 30.8 Å². The van der Waals surface area contributed by atoms with Crippen molar-refractivity contribution in [2.45, 2.75) is 26.2 Å². The second kappa shape index (κ2) is 4.38. The largest absolute Gasteiger partial charge is 0.356 e. The van der Waals surface area contributed by atoms with Crippen LogP contribution in [0.25, 0.3) is 0 Å². The van der Waals surface area contributed by atoms with E-state index >= 15 is 0 Å². The molecule has 1 aromatic rings. The van der Waals surface area contributed by atoms with Gasteiger partial charge in [0, 0.05) is 18.7 Å². The Labute approximate surface area is 89.3 Å². The number of hydrogen-bond acceptors (Lipinski definition) is 4. The lowest BCUT2D eigenvalue weighted by molar-refractivity contribution is 0.111. The Bertz CT molecular complexity index is 359. The summed E-state index contributed by atoms with van der Waals surface area (Å²) in [5.41, 5.74) is 1.32. The van der Waals surface area contributed by atoms with Gasteiger partial charge < -0.3 is 4.90 Å². The molecule has 0 bridgehead atoms. The molecule has 0 aromatic carbocycles. The van der Waals surface area contributed by atoms with Crippen molar-refractivity contribution in [1.82, 2.24) is 9.97 Å². The highest BCUT2D eigenvalue weighted by Gasteiger charge is 2.16. The lowest BCUT2D eigenvalue weighted by atomic mass is 10.1. The first-order valence-electron chi connectivity index (χ1n) is 5.27. The van der Waals surface area contributed by atoms with Crippen LogP contribution in [0, 0.1) is 13.3 Å². The molecule has 1 aliphatic rings. The van der Waals surface area contributed by atoms with Crippen molar-refractivity contribution in [3.8, 4) is 0 Å². The van der Waals surface area contributed by atoms with Gasteiger partial charge in [-0.3, -0.25) is 4.79 Å². The van der Waals surface area contributed by atoms with E-state index in [1.165, 1.54) is 19.3 Å². The Balaban J connectivity index is 2.30. The van der Waals surface area contributed by atoms with Crippen LogP contribution in [0.2, 0.25) is 0 Å². The molecule has 0 N–H and O–H groups in total. The molecule has 1 aromatic heterocycles. The number of hydrogen-bond donors (Lipinski definition) is 0. The molecule has 0 unspecified atom stereocenters.